The molecule has 0 amide bonds. The minimum absolute atomic E-state index is 0.001000. The van der Waals surface area contributed by atoms with Gasteiger partial charge in [0.05, 0.1) is 11.1 Å². The van der Waals surface area contributed by atoms with Crippen LogP contribution in [0.4, 0.5) is 8.78 Å². The quantitative estimate of drug-likeness (QED) is 0.588. The Balaban J connectivity index is 0.000000367. The Kier molecular flexibility index (Phi) is 3.50. The van der Waals surface area contributed by atoms with Crippen LogP contribution in [0.2, 0.25) is 0 Å². The van der Waals surface area contributed by atoms with Gasteiger partial charge in [-0.15, -0.1) is 0 Å². The van der Waals surface area contributed by atoms with Crippen LogP contribution in [0, 0.1) is 5.41 Å². The third-order valence-corrected chi connectivity index (χ3v) is 3.02. The van der Waals surface area contributed by atoms with Gasteiger partial charge < -0.3 is 0 Å². The maximum atomic E-state index is 13.0. The van der Waals surface area contributed by atoms with Crippen molar-refractivity contribution < 1.29 is 8.78 Å². The largest absolute Gasteiger partial charge is 0.255 e. The van der Waals surface area contributed by atoms with Gasteiger partial charge in [-0.1, -0.05) is 42.5 Å². The van der Waals surface area contributed by atoms with Crippen LogP contribution in [-0.2, 0) is 0 Å². The average Bonchev–Trinajstić information content (AvgIpc) is 2.98. The first-order valence-electron chi connectivity index (χ1n) is 5.49. The van der Waals surface area contributed by atoms with E-state index in [1.54, 1.807) is 5.16 Å². The lowest BCUT2D eigenvalue weighted by atomic mass is 10.0. The first-order valence-corrected chi connectivity index (χ1v) is 5.90. The Morgan fingerprint density at radius 1 is 1.17 bits per heavy atom. The van der Waals surface area contributed by atoms with Crippen LogP contribution < -0.4 is 0 Å². The minimum atomic E-state index is -2.48. The highest BCUT2D eigenvalue weighted by Gasteiger charge is 2.57. The smallest absolute Gasteiger partial charge is 0.248 e. The normalized spacial score (nSPS) is 19.6. The highest BCUT2D eigenvalue weighted by Crippen LogP contribution is 2.56. The fourth-order valence-corrected chi connectivity index (χ4v) is 2.11. The summed E-state index contributed by atoms with van der Waals surface area (Å²) in [5, 5.41) is 9.36. The van der Waals surface area contributed by atoms with Crippen LogP contribution in [0.5, 0.6) is 0 Å². The summed E-state index contributed by atoms with van der Waals surface area (Å²) in [6, 6.07) is 13.3. The zero-order valence-electron chi connectivity index (χ0n) is 9.49. The number of hydrogen-bond donors (Lipinski definition) is 1. The van der Waals surface area contributed by atoms with Gasteiger partial charge in [0.1, 0.15) is 0 Å². The molecule has 4 heteroatoms. The molecular weight excluding hydrogens is 252 g/mol. The maximum absolute atomic E-state index is 13.0. The third kappa shape index (κ3) is 2.45. The van der Waals surface area contributed by atoms with Crippen molar-refractivity contribution in [2.75, 3.05) is 0 Å². The Morgan fingerprint density at radius 2 is 1.72 bits per heavy atom. The molecule has 3 rings (SSSR count). The third-order valence-electron chi connectivity index (χ3n) is 3.02. The number of nitrogens with one attached hydrogen (secondary N) is 1. The fraction of sp³-hybridized carbons (Fsp3) is 0.214. The van der Waals surface area contributed by atoms with Gasteiger partial charge in [0.25, 0.3) is 5.92 Å². The summed E-state index contributed by atoms with van der Waals surface area (Å²) in [5.74, 6) is -3.05. The van der Waals surface area contributed by atoms with E-state index < -0.39 is 11.8 Å². The predicted molar refractivity (Wildman–Crippen MR) is 71.6 cm³/mol. The van der Waals surface area contributed by atoms with E-state index in [0.29, 0.717) is 0 Å². The molecule has 2 aromatic rings. The molecule has 1 N–H and O–H groups in total. The van der Waals surface area contributed by atoms with Gasteiger partial charge in [-0.2, -0.15) is 0 Å². The Morgan fingerprint density at radius 3 is 2.33 bits per heavy atom. The standard InChI is InChI=1S/C13H10F2.CHNS/c14-13(15)8-12(13)11-7-3-5-9-4-1-2-6-10(9)11;2-1-3/h1-7,12H,8H2;2H. The van der Waals surface area contributed by atoms with E-state index in [2.05, 4.69) is 12.2 Å². The zero-order chi connectivity index (χ0) is 13.2. The molecule has 1 atom stereocenters. The molecule has 1 unspecified atom stereocenters. The summed E-state index contributed by atoms with van der Waals surface area (Å²) < 4.78 is 26.0. The van der Waals surface area contributed by atoms with Crippen molar-refractivity contribution in [3.63, 3.8) is 0 Å². The van der Waals surface area contributed by atoms with Gasteiger partial charge in [-0.05, 0) is 28.6 Å². The van der Waals surface area contributed by atoms with Gasteiger partial charge in [0.2, 0.25) is 0 Å². The summed E-state index contributed by atoms with van der Waals surface area (Å²) in [5.41, 5.74) is 0.790. The van der Waals surface area contributed by atoms with Gasteiger partial charge in [-0.25, -0.2) is 14.2 Å². The fourth-order valence-electron chi connectivity index (χ4n) is 2.11. The molecular formula is C14H11F2NS. The molecule has 1 nitrogen and oxygen atoms in total. The molecule has 0 spiro atoms. The second-order valence-corrected chi connectivity index (χ2v) is 4.39. The molecule has 2 aromatic carbocycles. The van der Waals surface area contributed by atoms with Crippen molar-refractivity contribution in [2.45, 2.75) is 18.3 Å². The first kappa shape index (κ1) is 12.8. The average molecular weight is 263 g/mol. The Labute approximate surface area is 109 Å². The number of rotatable bonds is 1. The molecule has 1 aliphatic carbocycles. The SMILES string of the molecule is FC1(F)CC1c1cccc2ccccc12.N=C=S. The highest BCUT2D eigenvalue weighted by molar-refractivity contribution is 7.78. The van der Waals surface area contributed by atoms with Crippen LogP contribution in [0.25, 0.3) is 10.8 Å². The molecule has 1 aliphatic rings. The van der Waals surface area contributed by atoms with Crippen LogP contribution in [-0.4, -0.2) is 11.1 Å². The van der Waals surface area contributed by atoms with Crippen LogP contribution in [0.15, 0.2) is 42.5 Å². The lowest BCUT2D eigenvalue weighted by molar-refractivity contribution is 0.112. The van der Waals surface area contributed by atoms with E-state index >= 15 is 0 Å². The molecule has 0 aromatic heterocycles. The predicted octanol–water partition coefficient (Wildman–Crippen LogP) is 4.63. The molecule has 1 fully saturated rings. The molecule has 0 aliphatic heterocycles. The van der Waals surface area contributed by atoms with Gasteiger partial charge in [0, 0.05) is 6.42 Å². The van der Waals surface area contributed by atoms with Gasteiger partial charge in [-0.3, -0.25) is 0 Å². The van der Waals surface area contributed by atoms with E-state index in [9.17, 15) is 8.78 Å². The number of benzene rings is 2. The van der Waals surface area contributed by atoms with Crippen molar-refractivity contribution in [3.05, 3.63) is 48.0 Å². The zero-order valence-corrected chi connectivity index (χ0v) is 10.3. The molecule has 1 saturated carbocycles. The lowest BCUT2D eigenvalue weighted by Crippen LogP contribution is -1.93. The van der Waals surface area contributed by atoms with E-state index in [0.717, 1.165) is 16.3 Å². The molecule has 0 radical (unpaired) electrons. The Bertz CT molecular complexity index is 598. The number of alkyl halides is 2. The van der Waals surface area contributed by atoms with Crippen molar-refractivity contribution in [2.24, 2.45) is 0 Å². The van der Waals surface area contributed by atoms with Crippen LogP contribution in [0.1, 0.15) is 17.9 Å². The van der Waals surface area contributed by atoms with E-state index in [1.807, 2.05) is 42.5 Å². The lowest BCUT2D eigenvalue weighted by Gasteiger charge is -2.04. The summed E-state index contributed by atoms with van der Waals surface area (Å²) >= 11 is 3.81. The van der Waals surface area contributed by atoms with Gasteiger partial charge >= 0.3 is 0 Å². The highest BCUT2D eigenvalue weighted by atomic mass is 32.1. The maximum Gasteiger partial charge on any atom is 0.255 e. The Hall–Kier alpha value is -1.64. The first-order chi connectivity index (χ1) is 8.60. The second kappa shape index (κ2) is 4.92. The van der Waals surface area contributed by atoms with Crippen molar-refractivity contribution in [3.8, 4) is 0 Å². The minimum Gasteiger partial charge on any atom is -0.248 e. The number of thiocarbonyl (C=S) groups is 1. The molecule has 92 valence electrons. The van der Waals surface area contributed by atoms with Crippen molar-refractivity contribution in [1.29, 1.82) is 5.41 Å². The molecule has 0 saturated heterocycles. The number of isothiocyanates is 1. The number of halogens is 2. The summed E-state index contributed by atoms with van der Waals surface area (Å²) in [6.07, 6.45) is 0.001000. The van der Waals surface area contributed by atoms with Crippen molar-refractivity contribution >= 4 is 28.2 Å². The number of fused-ring (bicyclic) bond motifs is 1. The molecule has 0 heterocycles. The monoisotopic (exact) mass is 263 g/mol. The summed E-state index contributed by atoms with van der Waals surface area (Å²) in [7, 11) is 0. The van der Waals surface area contributed by atoms with E-state index in [4.69, 9.17) is 5.41 Å². The van der Waals surface area contributed by atoms with Crippen LogP contribution >= 0.6 is 12.2 Å². The van der Waals surface area contributed by atoms with E-state index in [-0.39, 0.29) is 6.42 Å². The topological polar surface area (TPSA) is 23.9 Å². The second-order valence-electron chi connectivity index (χ2n) is 4.19. The number of hydrogen-bond acceptors (Lipinski definition) is 2. The van der Waals surface area contributed by atoms with Gasteiger partial charge in [0.15, 0.2) is 0 Å². The van der Waals surface area contributed by atoms with Crippen molar-refractivity contribution in [1.82, 2.24) is 0 Å². The summed E-state index contributed by atoms with van der Waals surface area (Å²) in [4.78, 5) is 0. The molecule has 0 bridgehead atoms. The van der Waals surface area contributed by atoms with Crippen LogP contribution in [0.3, 0.4) is 0 Å². The van der Waals surface area contributed by atoms with E-state index in [1.165, 1.54) is 0 Å². The summed E-state index contributed by atoms with van der Waals surface area (Å²) in [6.45, 7) is 0. The molecule has 18 heavy (non-hydrogen) atoms.